The van der Waals surface area contributed by atoms with Crippen LogP contribution in [0, 0.1) is 19.8 Å². The number of nitrogens with one attached hydrogen (secondary N) is 1. The normalized spacial score (nSPS) is 21.0. The van der Waals surface area contributed by atoms with Crippen LogP contribution in [-0.2, 0) is 16.1 Å². The maximum Gasteiger partial charge on any atom is 0.246 e. The minimum Gasteiger partial charge on any atom is -0.342 e. The molecule has 0 radical (unpaired) electrons. The first-order valence-corrected chi connectivity index (χ1v) is 7.88. The van der Waals surface area contributed by atoms with E-state index in [-0.39, 0.29) is 30.3 Å². The Labute approximate surface area is 124 Å². The van der Waals surface area contributed by atoms with Crippen LogP contribution in [0.3, 0.4) is 0 Å². The topological polar surface area (TPSA) is 49.4 Å². The molecule has 2 rings (SSSR count). The average molecular weight is 294 g/mol. The number of hydrogen-bond donors (Lipinski definition) is 1. The third kappa shape index (κ3) is 3.03. The fourth-order valence-electron chi connectivity index (χ4n) is 2.40. The molecule has 5 heteroatoms. The van der Waals surface area contributed by atoms with Crippen LogP contribution in [0.2, 0.25) is 0 Å². The summed E-state index contributed by atoms with van der Waals surface area (Å²) in [5.74, 6) is 0.156. The highest BCUT2D eigenvalue weighted by molar-refractivity contribution is 7.12. The summed E-state index contributed by atoms with van der Waals surface area (Å²) in [6.45, 7) is 8.90. The standard InChI is InChI=1S/C15H22N2O2S/c1-5-9(2)14-15(19)17(8-13(18)16-14)7-12-6-10(3)11(4)20-12/h6,9,14H,5,7-8H2,1-4H3,(H,16,18). The first kappa shape index (κ1) is 15.0. The second-order valence-electron chi connectivity index (χ2n) is 5.58. The number of hydrogen-bond acceptors (Lipinski definition) is 3. The van der Waals surface area contributed by atoms with Crippen LogP contribution in [0.25, 0.3) is 0 Å². The lowest BCUT2D eigenvalue weighted by Crippen LogP contribution is -2.59. The van der Waals surface area contributed by atoms with E-state index in [1.165, 1.54) is 10.4 Å². The van der Waals surface area contributed by atoms with Gasteiger partial charge in [0, 0.05) is 9.75 Å². The molecule has 0 aliphatic carbocycles. The molecule has 2 amide bonds. The molecule has 1 N–H and O–H groups in total. The van der Waals surface area contributed by atoms with Crippen molar-refractivity contribution in [1.82, 2.24) is 10.2 Å². The van der Waals surface area contributed by atoms with Gasteiger partial charge in [0.15, 0.2) is 0 Å². The Bertz CT molecular complexity index is 504. The van der Waals surface area contributed by atoms with Gasteiger partial charge in [-0.05, 0) is 31.4 Å². The molecule has 0 aromatic carbocycles. The Hall–Kier alpha value is -1.36. The van der Waals surface area contributed by atoms with Crippen molar-refractivity contribution in [3.05, 3.63) is 21.4 Å². The van der Waals surface area contributed by atoms with Gasteiger partial charge >= 0.3 is 0 Å². The van der Waals surface area contributed by atoms with Gasteiger partial charge in [0.1, 0.15) is 6.04 Å². The summed E-state index contributed by atoms with van der Waals surface area (Å²) in [6, 6.07) is 1.74. The van der Waals surface area contributed by atoms with Crippen molar-refractivity contribution in [1.29, 1.82) is 0 Å². The van der Waals surface area contributed by atoms with Crippen LogP contribution in [0.1, 0.15) is 35.6 Å². The average Bonchev–Trinajstić information content (AvgIpc) is 2.71. The van der Waals surface area contributed by atoms with Crippen molar-refractivity contribution in [2.45, 2.75) is 46.7 Å². The molecule has 0 saturated carbocycles. The molecule has 1 aliphatic rings. The molecule has 1 fully saturated rings. The Morgan fingerprint density at radius 3 is 2.70 bits per heavy atom. The molecule has 1 saturated heterocycles. The lowest BCUT2D eigenvalue weighted by Gasteiger charge is -2.34. The number of carbonyl (C=O) groups is 2. The predicted molar refractivity (Wildman–Crippen MR) is 80.6 cm³/mol. The van der Waals surface area contributed by atoms with E-state index in [0.29, 0.717) is 6.54 Å². The van der Waals surface area contributed by atoms with E-state index >= 15 is 0 Å². The van der Waals surface area contributed by atoms with Crippen LogP contribution in [0.5, 0.6) is 0 Å². The fraction of sp³-hybridized carbons (Fsp3) is 0.600. The van der Waals surface area contributed by atoms with E-state index in [2.05, 4.69) is 25.2 Å². The third-order valence-corrected chi connectivity index (χ3v) is 5.14. The second kappa shape index (κ2) is 5.95. The lowest BCUT2D eigenvalue weighted by molar-refractivity contribution is -0.146. The van der Waals surface area contributed by atoms with E-state index in [1.54, 1.807) is 16.2 Å². The number of amides is 2. The third-order valence-electron chi connectivity index (χ3n) is 4.01. The van der Waals surface area contributed by atoms with Gasteiger partial charge in [0.2, 0.25) is 11.8 Å². The van der Waals surface area contributed by atoms with Gasteiger partial charge in [-0.2, -0.15) is 0 Å². The van der Waals surface area contributed by atoms with Crippen LogP contribution < -0.4 is 5.32 Å². The van der Waals surface area contributed by atoms with Crippen molar-refractivity contribution in [3.63, 3.8) is 0 Å². The highest BCUT2D eigenvalue weighted by Crippen LogP contribution is 2.23. The van der Waals surface area contributed by atoms with Gasteiger partial charge < -0.3 is 10.2 Å². The summed E-state index contributed by atoms with van der Waals surface area (Å²) in [4.78, 5) is 28.4. The van der Waals surface area contributed by atoms with Gasteiger partial charge in [0.25, 0.3) is 0 Å². The summed E-state index contributed by atoms with van der Waals surface area (Å²) >= 11 is 1.70. The molecule has 0 bridgehead atoms. The van der Waals surface area contributed by atoms with Gasteiger partial charge in [-0.15, -0.1) is 11.3 Å². The minimum absolute atomic E-state index is 0.0441. The Balaban J connectivity index is 2.13. The van der Waals surface area contributed by atoms with Crippen LogP contribution >= 0.6 is 11.3 Å². The quantitative estimate of drug-likeness (QED) is 0.926. The largest absolute Gasteiger partial charge is 0.342 e. The second-order valence-corrected chi connectivity index (χ2v) is 6.92. The summed E-state index contributed by atoms with van der Waals surface area (Å²) < 4.78 is 0. The minimum atomic E-state index is -0.372. The van der Waals surface area contributed by atoms with E-state index in [4.69, 9.17) is 0 Å². The van der Waals surface area contributed by atoms with E-state index in [9.17, 15) is 9.59 Å². The number of aryl methyl sites for hydroxylation is 2. The smallest absolute Gasteiger partial charge is 0.246 e. The molecule has 0 spiro atoms. The van der Waals surface area contributed by atoms with E-state index < -0.39 is 0 Å². The zero-order valence-electron chi connectivity index (χ0n) is 12.5. The van der Waals surface area contributed by atoms with Gasteiger partial charge in [-0.3, -0.25) is 9.59 Å². The Morgan fingerprint density at radius 2 is 2.15 bits per heavy atom. The van der Waals surface area contributed by atoms with Crippen molar-refractivity contribution in [2.75, 3.05) is 6.54 Å². The summed E-state index contributed by atoms with van der Waals surface area (Å²) in [5, 5.41) is 2.82. The number of thiophene rings is 1. The van der Waals surface area contributed by atoms with Crippen molar-refractivity contribution < 1.29 is 9.59 Å². The molecule has 110 valence electrons. The zero-order chi connectivity index (χ0) is 14.9. The van der Waals surface area contributed by atoms with Gasteiger partial charge in [-0.1, -0.05) is 20.3 Å². The summed E-state index contributed by atoms with van der Waals surface area (Å²) in [6.07, 6.45) is 0.877. The van der Waals surface area contributed by atoms with Gasteiger partial charge in [0.05, 0.1) is 13.1 Å². The molecule has 2 unspecified atom stereocenters. The first-order valence-electron chi connectivity index (χ1n) is 7.06. The van der Waals surface area contributed by atoms with Crippen molar-refractivity contribution in [3.8, 4) is 0 Å². The van der Waals surface area contributed by atoms with Crippen LogP contribution in [0.15, 0.2) is 6.07 Å². The fourth-order valence-corrected chi connectivity index (χ4v) is 3.47. The molecule has 4 nitrogen and oxygen atoms in total. The predicted octanol–water partition coefficient (Wildman–Crippen LogP) is 2.24. The van der Waals surface area contributed by atoms with E-state index in [0.717, 1.165) is 11.3 Å². The lowest BCUT2D eigenvalue weighted by atomic mass is 9.96. The van der Waals surface area contributed by atoms with E-state index in [1.807, 2.05) is 13.8 Å². The maximum atomic E-state index is 12.5. The molecule has 1 aromatic rings. The van der Waals surface area contributed by atoms with Crippen molar-refractivity contribution >= 4 is 23.2 Å². The molecular weight excluding hydrogens is 272 g/mol. The summed E-state index contributed by atoms with van der Waals surface area (Å²) in [7, 11) is 0. The highest BCUT2D eigenvalue weighted by atomic mass is 32.1. The zero-order valence-corrected chi connectivity index (χ0v) is 13.3. The maximum absolute atomic E-state index is 12.5. The molecular formula is C15H22N2O2S. The summed E-state index contributed by atoms with van der Waals surface area (Å²) in [5.41, 5.74) is 1.25. The molecule has 2 atom stereocenters. The molecule has 20 heavy (non-hydrogen) atoms. The van der Waals surface area contributed by atoms with Crippen molar-refractivity contribution in [2.24, 2.45) is 5.92 Å². The monoisotopic (exact) mass is 294 g/mol. The molecule has 1 aliphatic heterocycles. The van der Waals surface area contributed by atoms with Crippen LogP contribution in [-0.4, -0.2) is 29.3 Å². The number of rotatable bonds is 4. The highest BCUT2D eigenvalue weighted by Gasteiger charge is 2.35. The number of nitrogens with zero attached hydrogens (tertiary/aromatic N) is 1. The molecule has 1 aromatic heterocycles. The number of carbonyl (C=O) groups excluding carboxylic acids is 2. The number of piperazine rings is 1. The van der Waals surface area contributed by atoms with Crippen LogP contribution in [0.4, 0.5) is 0 Å². The Kier molecular flexibility index (Phi) is 4.48. The Morgan fingerprint density at radius 1 is 1.45 bits per heavy atom. The first-order chi connectivity index (χ1) is 9.42. The SMILES string of the molecule is CCC(C)C1NC(=O)CN(Cc2cc(C)c(C)s2)C1=O. The molecule has 2 heterocycles. The van der Waals surface area contributed by atoms with Gasteiger partial charge in [-0.25, -0.2) is 0 Å².